The molecule has 0 bridgehead atoms. The molecule has 1 amide bonds. The maximum Gasteiger partial charge on any atom is 0.250 e. The fourth-order valence-electron chi connectivity index (χ4n) is 1.57. The number of nitrogens with zero attached hydrogens (tertiary/aromatic N) is 3. The molecule has 0 radical (unpaired) electrons. The molecule has 8 heteroatoms. The summed E-state index contributed by atoms with van der Waals surface area (Å²) in [5, 5.41) is 4.85. The van der Waals surface area contributed by atoms with Gasteiger partial charge >= 0.3 is 0 Å². The van der Waals surface area contributed by atoms with Crippen molar-refractivity contribution in [2.75, 3.05) is 5.32 Å². The number of halogens is 1. The maximum absolute atomic E-state index is 11.7. The minimum absolute atomic E-state index is 0.295. The lowest BCUT2D eigenvalue weighted by atomic mass is 10.4. The topological polar surface area (TPSA) is 75.1 Å². The Hall–Kier alpha value is -2.12. The molecule has 3 aromatic rings. The molecule has 0 atom stereocenters. The first-order valence-corrected chi connectivity index (χ1v) is 6.59. The predicted octanol–water partition coefficient (Wildman–Crippen LogP) is 2.42. The molecule has 0 saturated heterocycles. The number of aromatic nitrogens is 4. The van der Waals surface area contributed by atoms with Crippen molar-refractivity contribution in [1.82, 2.24) is 19.4 Å². The summed E-state index contributed by atoms with van der Waals surface area (Å²) in [5.41, 5.74) is 0.674. The SMILES string of the molecule is O=C(C=Cc1c(Cl)nc2sccn12)Nc1ncc[nH]1. The van der Waals surface area contributed by atoms with Gasteiger partial charge in [0.15, 0.2) is 10.1 Å². The molecular weight excluding hydrogens is 286 g/mol. The van der Waals surface area contributed by atoms with E-state index in [4.69, 9.17) is 11.6 Å². The van der Waals surface area contributed by atoms with Crippen LogP contribution in [0.1, 0.15) is 5.69 Å². The molecular formula is C11H8ClN5OS. The lowest BCUT2D eigenvalue weighted by molar-refractivity contribution is -0.111. The summed E-state index contributed by atoms with van der Waals surface area (Å²) in [6.07, 6.45) is 8.04. The molecule has 6 nitrogen and oxygen atoms in total. The van der Waals surface area contributed by atoms with Crippen molar-refractivity contribution in [1.29, 1.82) is 0 Å². The molecule has 3 rings (SSSR count). The number of H-pyrrole nitrogens is 1. The van der Waals surface area contributed by atoms with Gasteiger partial charge in [-0.05, 0) is 6.08 Å². The third kappa shape index (κ3) is 2.38. The van der Waals surface area contributed by atoms with Gasteiger partial charge in [0.2, 0.25) is 5.95 Å². The summed E-state index contributed by atoms with van der Waals surface area (Å²) in [4.78, 5) is 23.3. The Morgan fingerprint density at radius 1 is 1.58 bits per heavy atom. The molecule has 3 heterocycles. The first-order valence-electron chi connectivity index (χ1n) is 5.33. The van der Waals surface area contributed by atoms with E-state index in [1.54, 1.807) is 18.5 Å². The smallest absolute Gasteiger partial charge is 0.250 e. The normalized spacial score (nSPS) is 11.4. The molecule has 0 aliphatic heterocycles. The van der Waals surface area contributed by atoms with Crippen LogP contribution in [0.25, 0.3) is 11.0 Å². The number of imidazole rings is 2. The quantitative estimate of drug-likeness (QED) is 0.728. The standard InChI is InChI=1S/C11H8ClN5OS/c12-9-7(17-5-6-19-11(17)16-9)1-2-8(18)15-10-13-3-4-14-10/h1-6H,(H2,13,14,15,18). The van der Waals surface area contributed by atoms with E-state index in [2.05, 4.69) is 20.3 Å². The zero-order chi connectivity index (χ0) is 13.2. The minimum atomic E-state index is -0.295. The lowest BCUT2D eigenvalue weighted by Crippen LogP contribution is -2.08. The van der Waals surface area contributed by atoms with Gasteiger partial charge in [0.25, 0.3) is 5.91 Å². The maximum atomic E-state index is 11.7. The monoisotopic (exact) mass is 293 g/mol. The number of anilines is 1. The van der Waals surface area contributed by atoms with Crippen LogP contribution in [0, 0.1) is 0 Å². The first kappa shape index (κ1) is 11.9. The molecule has 2 N–H and O–H groups in total. The highest BCUT2D eigenvalue weighted by Crippen LogP contribution is 2.22. The zero-order valence-electron chi connectivity index (χ0n) is 9.50. The summed E-state index contributed by atoms with van der Waals surface area (Å²) >= 11 is 7.49. The Bertz CT molecular complexity index is 742. The third-order valence-corrected chi connectivity index (χ3v) is 3.42. The van der Waals surface area contributed by atoms with E-state index in [0.29, 0.717) is 16.8 Å². The average molecular weight is 294 g/mol. The second-order valence-electron chi connectivity index (χ2n) is 3.60. The van der Waals surface area contributed by atoms with Crippen LogP contribution in [-0.4, -0.2) is 25.3 Å². The van der Waals surface area contributed by atoms with Crippen LogP contribution in [-0.2, 0) is 4.79 Å². The molecule has 96 valence electrons. The predicted molar refractivity (Wildman–Crippen MR) is 74.3 cm³/mol. The number of hydrogen-bond acceptors (Lipinski definition) is 4. The van der Waals surface area contributed by atoms with Crippen LogP contribution in [0.3, 0.4) is 0 Å². The van der Waals surface area contributed by atoms with E-state index in [0.717, 1.165) is 4.96 Å². The van der Waals surface area contributed by atoms with Gasteiger partial charge in [0, 0.05) is 30.0 Å². The Morgan fingerprint density at radius 3 is 3.26 bits per heavy atom. The van der Waals surface area contributed by atoms with E-state index < -0.39 is 0 Å². The van der Waals surface area contributed by atoms with Crippen LogP contribution in [0.5, 0.6) is 0 Å². The second kappa shape index (κ2) is 4.87. The molecule has 0 aliphatic carbocycles. The Morgan fingerprint density at radius 2 is 2.47 bits per heavy atom. The Balaban J connectivity index is 1.80. The van der Waals surface area contributed by atoms with E-state index in [9.17, 15) is 4.79 Å². The van der Waals surface area contributed by atoms with Crippen LogP contribution in [0.15, 0.2) is 30.0 Å². The van der Waals surface area contributed by atoms with Gasteiger partial charge in [-0.1, -0.05) is 11.6 Å². The van der Waals surface area contributed by atoms with Gasteiger partial charge in [-0.15, -0.1) is 11.3 Å². The number of aromatic amines is 1. The number of thiazole rings is 1. The van der Waals surface area contributed by atoms with Gasteiger partial charge in [0.1, 0.15) is 0 Å². The van der Waals surface area contributed by atoms with Crippen molar-refractivity contribution < 1.29 is 4.79 Å². The first-order chi connectivity index (χ1) is 9.24. The number of nitrogens with one attached hydrogen (secondary N) is 2. The van der Waals surface area contributed by atoms with Gasteiger partial charge in [-0.25, -0.2) is 9.97 Å². The molecule has 0 fully saturated rings. The summed E-state index contributed by atoms with van der Waals surface area (Å²) in [6.45, 7) is 0. The highest BCUT2D eigenvalue weighted by molar-refractivity contribution is 7.15. The van der Waals surface area contributed by atoms with Crippen molar-refractivity contribution in [2.45, 2.75) is 0 Å². The third-order valence-electron chi connectivity index (χ3n) is 2.39. The minimum Gasteiger partial charge on any atom is -0.331 e. The lowest BCUT2D eigenvalue weighted by Gasteiger charge is -1.96. The number of rotatable bonds is 3. The summed E-state index contributed by atoms with van der Waals surface area (Å²) in [5.74, 6) is 0.103. The van der Waals surface area contributed by atoms with Gasteiger partial charge in [-0.2, -0.15) is 0 Å². The zero-order valence-corrected chi connectivity index (χ0v) is 11.1. The van der Waals surface area contributed by atoms with Crippen LogP contribution in [0.4, 0.5) is 5.95 Å². The molecule has 0 spiro atoms. The largest absolute Gasteiger partial charge is 0.331 e. The number of hydrogen-bond donors (Lipinski definition) is 2. The molecule has 19 heavy (non-hydrogen) atoms. The van der Waals surface area contributed by atoms with Crippen molar-refractivity contribution >= 4 is 45.8 Å². The van der Waals surface area contributed by atoms with E-state index in [1.807, 2.05) is 16.0 Å². The highest BCUT2D eigenvalue weighted by Gasteiger charge is 2.08. The molecule has 0 unspecified atom stereocenters. The molecule has 0 aliphatic rings. The summed E-state index contributed by atoms with van der Waals surface area (Å²) in [7, 11) is 0. The molecule has 0 aromatic carbocycles. The Labute approximate surface area is 116 Å². The second-order valence-corrected chi connectivity index (χ2v) is 4.83. The van der Waals surface area contributed by atoms with E-state index >= 15 is 0 Å². The van der Waals surface area contributed by atoms with Crippen LogP contribution in [0.2, 0.25) is 5.15 Å². The Kier molecular flexibility index (Phi) is 3.06. The van der Waals surface area contributed by atoms with Gasteiger partial charge in [0.05, 0.1) is 5.69 Å². The fraction of sp³-hybridized carbons (Fsp3) is 0. The van der Waals surface area contributed by atoms with Crippen molar-refractivity contribution in [3.05, 3.63) is 40.9 Å². The van der Waals surface area contributed by atoms with E-state index in [-0.39, 0.29) is 5.91 Å². The number of carbonyl (C=O) groups excluding carboxylic acids is 1. The number of carbonyl (C=O) groups is 1. The molecule has 3 aromatic heterocycles. The van der Waals surface area contributed by atoms with Crippen LogP contribution >= 0.6 is 22.9 Å². The summed E-state index contributed by atoms with van der Waals surface area (Å²) in [6, 6.07) is 0. The van der Waals surface area contributed by atoms with Gasteiger partial charge in [-0.3, -0.25) is 14.5 Å². The van der Waals surface area contributed by atoms with Gasteiger partial charge < -0.3 is 4.98 Å². The fourth-order valence-corrected chi connectivity index (χ4v) is 2.58. The highest BCUT2D eigenvalue weighted by atomic mass is 35.5. The number of fused-ring (bicyclic) bond motifs is 1. The van der Waals surface area contributed by atoms with Crippen molar-refractivity contribution in [2.24, 2.45) is 0 Å². The van der Waals surface area contributed by atoms with Crippen LogP contribution < -0.4 is 5.32 Å². The molecule has 0 saturated carbocycles. The van der Waals surface area contributed by atoms with Crippen molar-refractivity contribution in [3.63, 3.8) is 0 Å². The number of amides is 1. The van der Waals surface area contributed by atoms with Crippen molar-refractivity contribution in [3.8, 4) is 0 Å². The average Bonchev–Trinajstić information content (AvgIpc) is 3.05. The van der Waals surface area contributed by atoms with E-state index in [1.165, 1.54) is 17.4 Å². The summed E-state index contributed by atoms with van der Waals surface area (Å²) < 4.78 is 1.82.